The molecule has 0 spiro atoms. The van der Waals surface area contributed by atoms with E-state index in [2.05, 4.69) is 24.3 Å². The van der Waals surface area contributed by atoms with Gasteiger partial charge in [0.15, 0.2) is 17.5 Å². The summed E-state index contributed by atoms with van der Waals surface area (Å²) in [5.41, 5.74) is 4.34. The zero-order valence-electron chi connectivity index (χ0n) is 19.7. The molecule has 1 aromatic heterocycles. The van der Waals surface area contributed by atoms with E-state index in [9.17, 15) is 4.39 Å². The van der Waals surface area contributed by atoms with Crippen molar-refractivity contribution in [2.24, 2.45) is 0 Å². The molecule has 0 bridgehead atoms. The fourth-order valence-electron chi connectivity index (χ4n) is 5.02. The highest BCUT2D eigenvalue weighted by atomic mass is 32.1. The van der Waals surface area contributed by atoms with Crippen molar-refractivity contribution < 1.29 is 13.2 Å². The smallest absolute Gasteiger partial charge is 0.195 e. The van der Waals surface area contributed by atoms with Crippen LogP contribution in [0.4, 0.5) is 13.2 Å². The van der Waals surface area contributed by atoms with Crippen LogP contribution >= 0.6 is 11.3 Å². The first-order chi connectivity index (χ1) is 17.4. The van der Waals surface area contributed by atoms with Gasteiger partial charge in [0.05, 0.1) is 0 Å². The summed E-state index contributed by atoms with van der Waals surface area (Å²) >= 11 is 1.73. The largest absolute Gasteiger partial charge is 0.203 e. The Balaban J connectivity index is 1.51. The third kappa shape index (κ3) is 3.61. The van der Waals surface area contributed by atoms with Crippen molar-refractivity contribution in [3.8, 4) is 33.4 Å². The molecular formula is C32H21F3S. The molecule has 0 fully saturated rings. The lowest BCUT2D eigenvalue weighted by Gasteiger charge is -2.16. The lowest BCUT2D eigenvalue weighted by atomic mass is 9.89. The van der Waals surface area contributed by atoms with Crippen LogP contribution in [0.5, 0.6) is 0 Å². The van der Waals surface area contributed by atoms with Gasteiger partial charge in [0.2, 0.25) is 0 Å². The fourth-order valence-corrected chi connectivity index (χ4v) is 6.16. The van der Waals surface area contributed by atoms with Crippen molar-refractivity contribution in [3.05, 3.63) is 120 Å². The maximum Gasteiger partial charge on any atom is 0.195 e. The van der Waals surface area contributed by atoms with Crippen molar-refractivity contribution in [3.63, 3.8) is 0 Å². The standard InChI is InChI=1S/C32H21F3S/c1-18-7-5-9-22(15-18)28-19(2)29(31(34)32(35)30(28)33)23-10-6-8-20(16-23)21-13-14-25-24-11-3-4-12-26(24)36-27(25)17-21/h3-17H,1-2H3. The molecule has 0 saturated heterocycles. The predicted octanol–water partition coefficient (Wildman–Crippen LogP) is 10.1. The van der Waals surface area contributed by atoms with Crippen molar-refractivity contribution in [1.29, 1.82) is 0 Å². The maximum absolute atomic E-state index is 15.2. The van der Waals surface area contributed by atoms with E-state index in [1.165, 1.54) is 15.5 Å². The molecule has 0 aliphatic carbocycles. The summed E-state index contributed by atoms with van der Waals surface area (Å²) in [6.45, 7) is 3.53. The molecule has 6 rings (SSSR count). The summed E-state index contributed by atoms with van der Waals surface area (Å²) in [5, 5.41) is 2.42. The molecule has 5 aromatic carbocycles. The van der Waals surface area contributed by atoms with Crippen LogP contribution in [-0.2, 0) is 0 Å². The van der Waals surface area contributed by atoms with Crippen molar-refractivity contribution >= 4 is 31.5 Å². The molecule has 0 amide bonds. The van der Waals surface area contributed by atoms with E-state index in [-0.39, 0.29) is 11.1 Å². The van der Waals surface area contributed by atoms with Crippen molar-refractivity contribution in [1.82, 2.24) is 0 Å². The average Bonchev–Trinajstić information content (AvgIpc) is 3.26. The van der Waals surface area contributed by atoms with E-state index in [0.29, 0.717) is 16.7 Å². The Labute approximate surface area is 211 Å². The van der Waals surface area contributed by atoms with Gasteiger partial charge in [0.1, 0.15) is 0 Å². The first-order valence-corrected chi connectivity index (χ1v) is 12.5. The quantitative estimate of drug-likeness (QED) is 0.215. The molecule has 0 N–H and O–H groups in total. The van der Waals surface area contributed by atoms with Crippen LogP contribution in [0, 0.1) is 31.3 Å². The number of hydrogen-bond acceptors (Lipinski definition) is 1. The van der Waals surface area contributed by atoms with Gasteiger partial charge in [-0.1, -0.05) is 78.4 Å². The van der Waals surface area contributed by atoms with Gasteiger partial charge in [-0.2, -0.15) is 0 Å². The SMILES string of the molecule is Cc1cccc(-c2c(C)c(-c3cccc(-c4ccc5c(c4)sc4ccccc45)c3)c(F)c(F)c2F)c1. The molecule has 6 aromatic rings. The summed E-state index contributed by atoms with van der Waals surface area (Å²) in [6.07, 6.45) is 0. The van der Waals surface area contributed by atoms with Gasteiger partial charge < -0.3 is 0 Å². The highest BCUT2D eigenvalue weighted by molar-refractivity contribution is 7.25. The van der Waals surface area contributed by atoms with E-state index in [1.807, 2.05) is 49.4 Å². The molecule has 36 heavy (non-hydrogen) atoms. The highest BCUT2D eigenvalue weighted by Gasteiger charge is 2.25. The van der Waals surface area contributed by atoms with Gasteiger partial charge in [-0.3, -0.25) is 0 Å². The first kappa shape index (κ1) is 22.6. The van der Waals surface area contributed by atoms with E-state index in [1.54, 1.807) is 42.5 Å². The Hall–Kier alpha value is -3.89. The molecule has 1 heterocycles. The van der Waals surface area contributed by atoms with Gasteiger partial charge in [0, 0.05) is 31.3 Å². The molecule has 0 nitrogen and oxygen atoms in total. The summed E-state index contributed by atoms with van der Waals surface area (Å²) in [4.78, 5) is 0. The van der Waals surface area contributed by atoms with Crippen LogP contribution in [0.3, 0.4) is 0 Å². The van der Waals surface area contributed by atoms with E-state index in [0.717, 1.165) is 21.4 Å². The minimum atomic E-state index is -1.45. The third-order valence-corrected chi connectivity index (χ3v) is 7.88. The second-order valence-electron chi connectivity index (χ2n) is 9.08. The molecule has 0 atom stereocenters. The Bertz CT molecular complexity index is 1800. The number of fused-ring (bicyclic) bond motifs is 3. The first-order valence-electron chi connectivity index (χ1n) is 11.7. The Morgan fingerprint density at radius 1 is 0.500 bits per heavy atom. The monoisotopic (exact) mass is 494 g/mol. The lowest BCUT2D eigenvalue weighted by Crippen LogP contribution is -2.03. The van der Waals surface area contributed by atoms with Crippen molar-refractivity contribution in [2.75, 3.05) is 0 Å². The zero-order chi connectivity index (χ0) is 25.0. The number of hydrogen-bond donors (Lipinski definition) is 0. The van der Waals surface area contributed by atoms with E-state index < -0.39 is 17.5 Å². The average molecular weight is 495 g/mol. The van der Waals surface area contributed by atoms with E-state index >= 15 is 8.78 Å². The number of benzene rings is 5. The Morgan fingerprint density at radius 3 is 1.86 bits per heavy atom. The number of aryl methyl sites for hydroxylation is 1. The molecule has 0 aliphatic heterocycles. The normalized spacial score (nSPS) is 11.5. The van der Waals surface area contributed by atoms with Crippen LogP contribution in [-0.4, -0.2) is 0 Å². The minimum absolute atomic E-state index is 0.0789. The molecule has 0 unspecified atom stereocenters. The summed E-state index contributed by atoms with van der Waals surface area (Å²) in [6, 6.07) is 29.1. The van der Waals surface area contributed by atoms with Gasteiger partial charge in [0.25, 0.3) is 0 Å². The molecule has 4 heteroatoms. The fraction of sp³-hybridized carbons (Fsp3) is 0.0625. The minimum Gasteiger partial charge on any atom is -0.203 e. The molecule has 176 valence electrons. The Morgan fingerprint density at radius 2 is 1.11 bits per heavy atom. The topological polar surface area (TPSA) is 0 Å². The second-order valence-corrected chi connectivity index (χ2v) is 10.2. The predicted molar refractivity (Wildman–Crippen MR) is 145 cm³/mol. The summed E-state index contributed by atoms with van der Waals surface area (Å²) < 4.78 is 47.5. The van der Waals surface area contributed by atoms with E-state index in [4.69, 9.17) is 0 Å². The van der Waals surface area contributed by atoms with Gasteiger partial charge in [-0.25, -0.2) is 13.2 Å². The van der Waals surface area contributed by atoms with Crippen LogP contribution in [0.15, 0.2) is 91.0 Å². The Kier molecular flexibility index (Phi) is 5.42. The van der Waals surface area contributed by atoms with Gasteiger partial charge >= 0.3 is 0 Å². The second kappa shape index (κ2) is 8.65. The highest BCUT2D eigenvalue weighted by Crippen LogP contribution is 2.40. The maximum atomic E-state index is 15.2. The zero-order valence-corrected chi connectivity index (χ0v) is 20.5. The number of rotatable bonds is 3. The van der Waals surface area contributed by atoms with Crippen LogP contribution in [0.2, 0.25) is 0 Å². The number of halogens is 3. The van der Waals surface area contributed by atoms with Gasteiger partial charge in [-0.05, 0) is 59.9 Å². The molecule has 0 radical (unpaired) electrons. The molecular weight excluding hydrogens is 473 g/mol. The molecule has 0 saturated carbocycles. The van der Waals surface area contributed by atoms with Gasteiger partial charge in [-0.15, -0.1) is 11.3 Å². The van der Waals surface area contributed by atoms with Crippen molar-refractivity contribution in [2.45, 2.75) is 13.8 Å². The third-order valence-electron chi connectivity index (χ3n) is 6.74. The van der Waals surface area contributed by atoms with Crippen LogP contribution < -0.4 is 0 Å². The number of thiophene rings is 1. The molecule has 0 aliphatic rings. The van der Waals surface area contributed by atoms with Crippen LogP contribution in [0.1, 0.15) is 11.1 Å². The summed E-state index contributed by atoms with van der Waals surface area (Å²) in [7, 11) is 0. The summed E-state index contributed by atoms with van der Waals surface area (Å²) in [5.74, 6) is -3.78. The van der Waals surface area contributed by atoms with Crippen LogP contribution in [0.25, 0.3) is 53.6 Å². The lowest BCUT2D eigenvalue weighted by molar-refractivity contribution is 0.450.